The summed E-state index contributed by atoms with van der Waals surface area (Å²) in [6.45, 7) is 0. The van der Waals surface area contributed by atoms with Gasteiger partial charge in [-0.3, -0.25) is 9.88 Å². The topological polar surface area (TPSA) is 15.9 Å². The zero-order valence-electron chi connectivity index (χ0n) is 11.2. The number of rotatable bonds is 2. The minimum atomic E-state index is 0.630. The predicted octanol–water partition coefficient (Wildman–Crippen LogP) is 2.89. The molecule has 0 bridgehead atoms. The van der Waals surface area contributed by atoms with Crippen LogP contribution in [0.25, 0.3) is 0 Å². The first kappa shape index (κ1) is 11.0. The van der Waals surface area contributed by atoms with Crippen LogP contribution in [0.3, 0.4) is 0 Å². The molecule has 5 unspecified atom stereocenters. The van der Waals surface area contributed by atoms with Crippen molar-refractivity contribution in [1.29, 1.82) is 0 Å². The maximum absolute atomic E-state index is 4.26. The standard InChI is InChI=1S/C16H22N2/c1-18-15-13(10-12-4-3-9-17-11-12)6-7-14-5-2-8-16(14,15)18/h3-4,9,11,13-15H,2,5-8,10H2,1H3. The Bertz CT molecular complexity index is 444. The molecule has 0 radical (unpaired) electrons. The molecule has 3 aliphatic rings. The summed E-state index contributed by atoms with van der Waals surface area (Å²) in [4.78, 5) is 6.97. The molecule has 2 heteroatoms. The molecule has 0 amide bonds. The third-order valence-corrected chi connectivity index (χ3v) is 5.91. The molecule has 1 spiro atoms. The maximum atomic E-state index is 4.26. The molecule has 0 N–H and O–H groups in total. The van der Waals surface area contributed by atoms with E-state index in [9.17, 15) is 0 Å². The number of pyridine rings is 1. The fourth-order valence-corrected chi connectivity index (χ4v) is 5.19. The van der Waals surface area contributed by atoms with E-state index in [-0.39, 0.29) is 0 Å². The van der Waals surface area contributed by atoms with Crippen molar-refractivity contribution in [3.63, 3.8) is 0 Å². The van der Waals surface area contributed by atoms with Crippen LogP contribution in [0.1, 0.15) is 37.7 Å². The first-order valence-electron chi connectivity index (χ1n) is 7.44. The summed E-state index contributed by atoms with van der Waals surface area (Å²) >= 11 is 0. The molecular weight excluding hydrogens is 220 g/mol. The highest BCUT2D eigenvalue weighted by Crippen LogP contribution is 2.62. The second-order valence-electron chi connectivity index (χ2n) is 6.54. The van der Waals surface area contributed by atoms with Crippen LogP contribution in [0.4, 0.5) is 0 Å². The van der Waals surface area contributed by atoms with E-state index in [1.165, 1.54) is 44.1 Å². The van der Waals surface area contributed by atoms with Crippen LogP contribution in [0.5, 0.6) is 0 Å². The number of aromatic nitrogens is 1. The van der Waals surface area contributed by atoms with Crippen molar-refractivity contribution in [2.75, 3.05) is 7.05 Å². The summed E-state index contributed by atoms with van der Waals surface area (Å²) in [6, 6.07) is 5.19. The van der Waals surface area contributed by atoms with E-state index < -0.39 is 0 Å². The van der Waals surface area contributed by atoms with Gasteiger partial charge >= 0.3 is 0 Å². The van der Waals surface area contributed by atoms with E-state index in [1.54, 1.807) is 0 Å². The minimum absolute atomic E-state index is 0.630. The van der Waals surface area contributed by atoms with Crippen LogP contribution in [0.15, 0.2) is 24.5 Å². The van der Waals surface area contributed by atoms with E-state index in [2.05, 4.69) is 35.3 Å². The predicted molar refractivity (Wildman–Crippen MR) is 72.3 cm³/mol. The fourth-order valence-electron chi connectivity index (χ4n) is 5.19. The molecular formula is C16H22N2. The van der Waals surface area contributed by atoms with Crippen LogP contribution >= 0.6 is 0 Å². The van der Waals surface area contributed by atoms with Gasteiger partial charge in [0.15, 0.2) is 0 Å². The van der Waals surface area contributed by atoms with Crippen LogP contribution < -0.4 is 0 Å². The summed E-state index contributed by atoms with van der Waals surface area (Å²) in [5.74, 6) is 1.88. The van der Waals surface area contributed by atoms with Crippen molar-refractivity contribution < 1.29 is 0 Å². The van der Waals surface area contributed by atoms with E-state index in [0.29, 0.717) is 5.54 Å². The van der Waals surface area contributed by atoms with Crippen LogP contribution in [0, 0.1) is 11.8 Å². The van der Waals surface area contributed by atoms with Crippen molar-refractivity contribution in [3.8, 4) is 0 Å². The molecule has 1 aromatic rings. The fraction of sp³-hybridized carbons (Fsp3) is 0.688. The third kappa shape index (κ3) is 1.36. The number of nitrogens with zero attached hydrogens (tertiary/aromatic N) is 2. The average molecular weight is 242 g/mol. The van der Waals surface area contributed by atoms with Gasteiger partial charge in [-0.25, -0.2) is 0 Å². The van der Waals surface area contributed by atoms with Crippen molar-refractivity contribution >= 4 is 0 Å². The Labute approximate surface area is 109 Å². The molecule has 1 aliphatic heterocycles. The van der Waals surface area contributed by atoms with Gasteiger partial charge in [0.25, 0.3) is 0 Å². The first-order chi connectivity index (χ1) is 8.82. The molecule has 1 saturated heterocycles. The van der Waals surface area contributed by atoms with Crippen LogP contribution in [0.2, 0.25) is 0 Å². The minimum Gasteiger partial charge on any atom is -0.294 e. The SMILES string of the molecule is CN1C2C(Cc3cccnc3)CCC3CCCC321. The summed E-state index contributed by atoms with van der Waals surface area (Å²) < 4.78 is 0. The molecule has 2 saturated carbocycles. The Morgan fingerprint density at radius 3 is 3.17 bits per heavy atom. The highest BCUT2D eigenvalue weighted by Gasteiger charge is 2.69. The van der Waals surface area contributed by atoms with E-state index >= 15 is 0 Å². The molecule has 3 fully saturated rings. The third-order valence-electron chi connectivity index (χ3n) is 5.91. The van der Waals surface area contributed by atoms with Gasteiger partial charge < -0.3 is 0 Å². The molecule has 0 aromatic carbocycles. The van der Waals surface area contributed by atoms with Crippen molar-refractivity contribution in [2.45, 2.75) is 50.1 Å². The summed E-state index contributed by atoms with van der Waals surface area (Å²) in [5, 5.41) is 0. The molecule has 2 nitrogen and oxygen atoms in total. The van der Waals surface area contributed by atoms with E-state index in [1.807, 2.05) is 6.20 Å². The van der Waals surface area contributed by atoms with Gasteiger partial charge in [0.2, 0.25) is 0 Å². The molecule has 18 heavy (non-hydrogen) atoms. The zero-order chi connectivity index (χ0) is 12.2. The Morgan fingerprint density at radius 2 is 2.33 bits per heavy atom. The van der Waals surface area contributed by atoms with E-state index in [0.717, 1.165) is 17.9 Å². The van der Waals surface area contributed by atoms with Gasteiger partial charge in [0.1, 0.15) is 0 Å². The molecule has 4 rings (SSSR count). The Hall–Kier alpha value is -0.890. The van der Waals surface area contributed by atoms with Gasteiger partial charge in [-0.2, -0.15) is 0 Å². The van der Waals surface area contributed by atoms with Gasteiger partial charge in [-0.1, -0.05) is 12.5 Å². The zero-order valence-corrected chi connectivity index (χ0v) is 11.2. The monoisotopic (exact) mass is 242 g/mol. The van der Waals surface area contributed by atoms with Crippen molar-refractivity contribution in [2.24, 2.45) is 11.8 Å². The van der Waals surface area contributed by atoms with E-state index in [4.69, 9.17) is 0 Å². The number of hydrogen-bond acceptors (Lipinski definition) is 2. The van der Waals surface area contributed by atoms with Crippen LogP contribution in [-0.4, -0.2) is 28.5 Å². The lowest BCUT2D eigenvalue weighted by Gasteiger charge is -2.29. The summed E-state index contributed by atoms with van der Waals surface area (Å²) in [7, 11) is 2.37. The highest BCUT2D eigenvalue weighted by atomic mass is 15.4. The second kappa shape index (κ2) is 3.80. The normalized spacial score (nSPS) is 45.4. The van der Waals surface area contributed by atoms with Gasteiger partial charge in [-0.05, 0) is 62.6 Å². The average Bonchev–Trinajstić information content (AvgIpc) is 2.82. The maximum Gasteiger partial charge on any atom is 0.0396 e. The smallest absolute Gasteiger partial charge is 0.0396 e. The Balaban J connectivity index is 1.55. The van der Waals surface area contributed by atoms with Gasteiger partial charge in [0.05, 0.1) is 0 Å². The quantitative estimate of drug-likeness (QED) is 0.741. The number of hydrogen-bond donors (Lipinski definition) is 0. The van der Waals surface area contributed by atoms with Crippen molar-refractivity contribution in [1.82, 2.24) is 9.88 Å². The highest BCUT2D eigenvalue weighted by molar-refractivity contribution is 5.26. The lowest BCUT2D eigenvalue weighted by atomic mass is 9.74. The summed E-state index contributed by atoms with van der Waals surface area (Å²) in [6.07, 6.45) is 12.5. The molecule has 5 atom stereocenters. The largest absolute Gasteiger partial charge is 0.294 e. The summed E-state index contributed by atoms with van der Waals surface area (Å²) in [5.41, 5.74) is 2.06. The number of likely N-dealkylation sites (tertiary alicyclic amines) is 1. The Kier molecular flexibility index (Phi) is 2.32. The molecule has 2 heterocycles. The van der Waals surface area contributed by atoms with Gasteiger partial charge in [-0.15, -0.1) is 0 Å². The number of likely N-dealkylation sites (N-methyl/N-ethyl adjacent to an activating group) is 1. The molecule has 1 aromatic heterocycles. The van der Waals surface area contributed by atoms with Gasteiger partial charge in [0, 0.05) is 24.0 Å². The lowest BCUT2D eigenvalue weighted by molar-refractivity contribution is 0.278. The first-order valence-corrected chi connectivity index (χ1v) is 7.44. The molecule has 2 aliphatic carbocycles. The second-order valence-corrected chi connectivity index (χ2v) is 6.54. The van der Waals surface area contributed by atoms with Crippen molar-refractivity contribution in [3.05, 3.63) is 30.1 Å². The van der Waals surface area contributed by atoms with Crippen LogP contribution in [-0.2, 0) is 6.42 Å². The Morgan fingerprint density at radius 1 is 1.39 bits per heavy atom. The lowest BCUT2D eigenvalue weighted by Crippen LogP contribution is -2.32. The molecule has 96 valence electrons.